The number of ether oxygens (including phenoxy) is 1. The standard InChI is InChI=1S/C16H19N3O8S2/c1-2-29(24,25)7-9(14(22)18-12-10(21)6-26-11(12)5-20)17-13-8-3-4-28-15(8)27-16(23)19-13/h3-4,9,11-12,20H,2,5-7H2,1H3,(H,18,22)(H,17,19,23). The number of nitrogens with zero attached hydrogens (tertiary/aromatic N) is 1. The van der Waals surface area contributed by atoms with E-state index in [0.29, 0.717) is 5.39 Å². The average molecular weight is 445 g/mol. The van der Waals surface area contributed by atoms with Crippen molar-refractivity contribution >= 4 is 49.0 Å². The molecule has 11 nitrogen and oxygen atoms in total. The number of amides is 1. The second-order valence-corrected chi connectivity index (χ2v) is 9.61. The number of aromatic nitrogens is 1. The molecule has 13 heteroatoms. The molecule has 0 aliphatic carbocycles. The molecule has 2 aromatic heterocycles. The Morgan fingerprint density at radius 1 is 1.45 bits per heavy atom. The Kier molecular flexibility index (Phi) is 6.31. The van der Waals surface area contributed by atoms with E-state index < -0.39 is 57.8 Å². The van der Waals surface area contributed by atoms with Crippen LogP contribution in [-0.2, 0) is 24.2 Å². The quantitative estimate of drug-likeness (QED) is 0.454. The summed E-state index contributed by atoms with van der Waals surface area (Å²) in [6.07, 6.45) is -0.916. The molecule has 3 unspecified atom stereocenters. The number of hydrogen-bond acceptors (Lipinski definition) is 11. The Morgan fingerprint density at radius 2 is 2.21 bits per heavy atom. The minimum absolute atomic E-state index is 0.00309. The zero-order valence-electron chi connectivity index (χ0n) is 15.3. The number of fused-ring (bicyclic) bond motifs is 1. The van der Waals surface area contributed by atoms with Gasteiger partial charge in [0.15, 0.2) is 20.5 Å². The van der Waals surface area contributed by atoms with Crippen molar-refractivity contribution < 1.29 is 32.3 Å². The first kappa shape index (κ1) is 21.4. The Morgan fingerprint density at radius 3 is 2.90 bits per heavy atom. The highest BCUT2D eigenvalue weighted by Crippen LogP contribution is 2.25. The molecule has 1 aliphatic rings. The van der Waals surface area contributed by atoms with Crippen LogP contribution < -0.4 is 16.4 Å². The highest BCUT2D eigenvalue weighted by Gasteiger charge is 2.38. The predicted molar refractivity (Wildman–Crippen MR) is 104 cm³/mol. The summed E-state index contributed by atoms with van der Waals surface area (Å²) < 4.78 is 34.4. The number of thiophene rings is 1. The van der Waals surface area contributed by atoms with Gasteiger partial charge in [-0.3, -0.25) is 9.59 Å². The normalized spacial score (nSPS) is 20.7. The van der Waals surface area contributed by atoms with Crippen LogP contribution in [0.3, 0.4) is 0 Å². The van der Waals surface area contributed by atoms with Gasteiger partial charge in [-0.1, -0.05) is 6.92 Å². The molecule has 0 spiro atoms. The van der Waals surface area contributed by atoms with Gasteiger partial charge in [0.05, 0.1) is 17.7 Å². The first-order valence-corrected chi connectivity index (χ1v) is 11.3. The molecule has 2 aromatic rings. The van der Waals surface area contributed by atoms with Gasteiger partial charge in [0.25, 0.3) is 0 Å². The second kappa shape index (κ2) is 8.57. The molecule has 1 aliphatic heterocycles. The number of Topliss-reactive ketones (excluding diaryl/α,β-unsaturated/α-hetero) is 1. The van der Waals surface area contributed by atoms with Crippen molar-refractivity contribution in [1.82, 2.24) is 10.3 Å². The molecule has 3 heterocycles. The summed E-state index contributed by atoms with van der Waals surface area (Å²) in [5.74, 6) is -2.94. The van der Waals surface area contributed by atoms with Crippen LogP contribution in [0.4, 0.5) is 5.82 Å². The summed E-state index contributed by atoms with van der Waals surface area (Å²) >= 11 is 1.14. The van der Waals surface area contributed by atoms with E-state index >= 15 is 0 Å². The maximum atomic E-state index is 12.8. The smallest absolute Gasteiger partial charge is 0.397 e. The van der Waals surface area contributed by atoms with Gasteiger partial charge in [0.1, 0.15) is 30.6 Å². The van der Waals surface area contributed by atoms with Gasteiger partial charge in [0.2, 0.25) is 5.91 Å². The summed E-state index contributed by atoms with van der Waals surface area (Å²) in [4.78, 5) is 40.4. The first-order valence-electron chi connectivity index (χ1n) is 8.65. The van der Waals surface area contributed by atoms with Crippen molar-refractivity contribution in [3.05, 3.63) is 22.0 Å². The number of sulfone groups is 1. The maximum absolute atomic E-state index is 12.8. The van der Waals surface area contributed by atoms with E-state index in [-0.39, 0.29) is 23.1 Å². The maximum Gasteiger partial charge on any atom is 0.441 e. The molecular formula is C16H19N3O8S2. The highest BCUT2D eigenvalue weighted by molar-refractivity contribution is 7.91. The number of aliphatic hydroxyl groups is 1. The Labute approximate surface area is 169 Å². The molecule has 0 bridgehead atoms. The van der Waals surface area contributed by atoms with E-state index in [1.54, 1.807) is 11.4 Å². The van der Waals surface area contributed by atoms with Gasteiger partial charge in [0, 0.05) is 5.75 Å². The number of carbonyl (C=O) groups is 2. The van der Waals surface area contributed by atoms with Gasteiger partial charge < -0.3 is 24.9 Å². The van der Waals surface area contributed by atoms with Gasteiger partial charge in [-0.2, -0.15) is 4.98 Å². The van der Waals surface area contributed by atoms with Crippen LogP contribution in [0.25, 0.3) is 10.3 Å². The second-order valence-electron chi connectivity index (χ2n) is 6.33. The molecule has 1 amide bonds. The van der Waals surface area contributed by atoms with Gasteiger partial charge in [-0.05, 0) is 11.4 Å². The summed E-state index contributed by atoms with van der Waals surface area (Å²) in [5, 5.41) is 16.5. The van der Waals surface area contributed by atoms with E-state index in [9.17, 15) is 27.9 Å². The zero-order valence-corrected chi connectivity index (χ0v) is 16.9. The minimum atomic E-state index is -3.62. The van der Waals surface area contributed by atoms with Crippen LogP contribution in [-0.4, -0.2) is 73.1 Å². The lowest BCUT2D eigenvalue weighted by Crippen LogP contribution is -2.53. The van der Waals surface area contributed by atoms with Crippen LogP contribution in [0.2, 0.25) is 0 Å². The van der Waals surface area contributed by atoms with E-state index in [0.717, 1.165) is 11.3 Å². The van der Waals surface area contributed by atoms with Crippen molar-refractivity contribution in [3.8, 4) is 0 Å². The average Bonchev–Trinajstić information content (AvgIpc) is 3.27. The summed E-state index contributed by atoms with van der Waals surface area (Å²) in [5.41, 5.74) is 0. The molecule has 29 heavy (non-hydrogen) atoms. The molecule has 3 atom stereocenters. The largest absolute Gasteiger partial charge is 0.441 e. The first-order chi connectivity index (χ1) is 13.7. The van der Waals surface area contributed by atoms with E-state index in [1.165, 1.54) is 6.92 Å². The minimum Gasteiger partial charge on any atom is -0.397 e. The molecule has 0 radical (unpaired) electrons. The van der Waals surface area contributed by atoms with Crippen molar-refractivity contribution in [2.24, 2.45) is 0 Å². The van der Waals surface area contributed by atoms with E-state index in [4.69, 9.17) is 9.15 Å². The molecule has 0 aromatic carbocycles. The number of ketones is 1. The fraction of sp³-hybridized carbons (Fsp3) is 0.500. The van der Waals surface area contributed by atoms with Crippen LogP contribution in [0.15, 0.2) is 20.7 Å². The van der Waals surface area contributed by atoms with Crippen LogP contribution in [0, 0.1) is 0 Å². The van der Waals surface area contributed by atoms with Crippen LogP contribution in [0.5, 0.6) is 0 Å². The molecule has 3 rings (SSSR count). The van der Waals surface area contributed by atoms with Gasteiger partial charge in [-0.25, -0.2) is 13.2 Å². The zero-order chi connectivity index (χ0) is 21.2. The number of rotatable bonds is 8. The number of hydrogen-bond donors (Lipinski definition) is 3. The third-order valence-corrected chi connectivity index (χ3v) is 6.90. The van der Waals surface area contributed by atoms with E-state index in [1.807, 2.05) is 0 Å². The summed E-state index contributed by atoms with van der Waals surface area (Å²) in [7, 11) is -3.62. The summed E-state index contributed by atoms with van der Waals surface area (Å²) in [6, 6.07) is -0.835. The van der Waals surface area contributed by atoms with Gasteiger partial charge >= 0.3 is 5.76 Å². The Balaban J connectivity index is 1.90. The lowest BCUT2D eigenvalue weighted by atomic mass is 10.1. The number of nitrogens with one attached hydrogen (secondary N) is 2. The molecular weight excluding hydrogens is 426 g/mol. The van der Waals surface area contributed by atoms with Gasteiger partial charge in [-0.15, -0.1) is 11.3 Å². The summed E-state index contributed by atoms with van der Waals surface area (Å²) in [6.45, 7) is 0.685. The van der Waals surface area contributed by atoms with Crippen LogP contribution in [0.1, 0.15) is 6.92 Å². The predicted octanol–water partition coefficient (Wildman–Crippen LogP) is -1.09. The Bertz CT molecular complexity index is 1080. The molecule has 0 saturated carbocycles. The molecule has 158 valence electrons. The Hall–Kier alpha value is -2.35. The highest BCUT2D eigenvalue weighted by atomic mass is 32.2. The van der Waals surface area contributed by atoms with Crippen molar-refractivity contribution in [1.29, 1.82) is 0 Å². The topological polar surface area (TPSA) is 165 Å². The fourth-order valence-electron chi connectivity index (χ4n) is 2.80. The van der Waals surface area contributed by atoms with Crippen molar-refractivity contribution in [2.75, 3.05) is 30.0 Å². The lowest BCUT2D eigenvalue weighted by Gasteiger charge is -2.22. The lowest BCUT2D eigenvalue weighted by molar-refractivity contribution is -0.126. The SMILES string of the molecule is CCS(=O)(=O)CC(Nc1nc(=O)oc2sccc12)C(=O)NC1C(=O)COC1CO. The van der Waals surface area contributed by atoms with E-state index in [2.05, 4.69) is 15.6 Å². The van der Waals surface area contributed by atoms with Crippen molar-refractivity contribution in [3.63, 3.8) is 0 Å². The number of anilines is 1. The van der Waals surface area contributed by atoms with Crippen molar-refractivity contribution in [2.45, 2.75) is 25.1 Å². The van der Waals surface area contributed by atoms with Crippen LogP contribution >= 0.6 is 11.3 Å². The number of carbonyl (C=O) groups excluding carboxylic acids is 2. The third-order valence-electron chi connectivity index (χ3n) is 4.39. The molecule has 1 saturated heterocycles. The monoisotopic (exact) mass is 445 g/mol. The molecule has 1 fully saturated rings. The molecule has 3 N–H and O–H groups in total. The fourth-order valence-corrected chi connectivity index (χ4v) is 4.52. The number of aliphatic hydroxyl groups excluding tert-OH is 1. The third kappa shape index (κ3) is 4.80.